The molecule has 7 heteroatoms. The van der Waals surface area contributed by atoms with Gasteiger partial charge in [0.1, 0.15) is 0 Å². The first-order valence-electron chi connectivity index (χ1n) is 4.98. The van der Waals surface area contributed by atoms with Crippen LogP contribution in [0.2, 0.25) is 5.22 Å². The second-order valence-corrected chi connectivity index (χ2v) is 3.96. The van der Waals surface area contributed by atoms with Crippen LogP contribution in [0, 0.1) is 0 Å². The normalized spacial score (nSPS) is 10.9. The first kappa shape index (κ1) is 10.8. The minimum atomic E-state index is -1.04. The molecule has 18 heavy (non-hydrogen) atoms. The number of furan rings is 1. The average Bonchev–Trinajstić information content (AvgIpc) is 2.93. The third-order valence-corrected chi connectivity index (χ3v) is 2.59. The molecule has 3 aromatic heterocycles. The Morgan fingerprint density at radius 3 is 2.94 bits per heavy atom. The topological polar surface area (TPSA) is 92.0 Å². The maximum atomic E-state index is 10.8. The van der Waals surface area contributed by atoms with Crippen LogP contribution in [-0.2, 0) is 0 Å². The van der Waals surface area contributed by atoms with Crippen molar-refractivity contribution in [3.05, 3.63) is 35.2 Å². The minimum absolute atomic E-state index is 0.0928. The maximum Gasteiger partial charge on any atom is 0.337 e. The number of pyridine rings is 1. The summed E-state index contributed by atoms with van der Waals surface area (Å²) in [5.74, 6) is -0.122. The Labute approximate surface area is 105 Å². The molecule has 0 saturated carbocycles. The zero-order chi connectivity index (χ0) is 12.7. The molecule has 2 N–H and O–H groups in total. The van der Waals surface area contributed by atoms with Gasteiger partial charge in [-0.25, -0.2) is 14.8 Å². The fourth-order valence-electron chi connectivity index (χ4n) is 1.58. The quantitative estimate of drug-likeness (QED) is 0.741. The molecule has 3 rings (SSSR count). The summed E-state index contributed by atoms with van der Waals surface area (Å²) in [6, 6.07) is 4.73. The highest BCUT2D eigenvalue weighted by molar-refractivity contribution is 6.28. The number of hydrogen-bond donors (Lipinski definition) is 2. The lowest BCUT2D eigenvalue weighted by atomic mass is 10.3. The van der Waals surface area contributed by atoms with Gasteiger partial charge in [0.25, 0.3) is 0 Å². The van der Waals surface area contributed by atoms with E-state index >= 15 is 0 Å². The molecule has 0 radical (unpaired) electrons. The van der Waals surface area contributed by atoms with Crippen molar-refractivity contribution in [2.75, 3.05) is 0 Å². The number of aromatic amines is 1. The van der Waals surface area contributed by atoms with Crippen molar-refractivity contribution in [2.24, 2.45) is 0 Å². The van der Waals surface area contributed by atoms with E-state index in [0.717, 1.165) is 0 Å². The zero-order valence-corrected chi connectivity index (χ0v) is 9.60. The number of nitrogens with zero attached hydrogens (tertiary/aromatic N) is 2. The number of carbonyl (C=O) groups is 1. The molecule has 0 saturated heterocycles. The fraction of sp³-hybridized carbons (Fsp3) is 0. The van der Waals surface area contributed by atoms with E-state index in [1.54, 1.807) is 12.1 Å². The van der Waals surface area contributed by atoms with E-state index in [1.807, 2.05) is 0 Å². The first-order valence-corrected chi connectivity index (χ1v) is 5.36. The number of aromatic carboxylic acids is 1. The second-order valence-electron chi connectivity index (χ2n) is 3.59. The molecule has 0 atom stereocenters. The van der Waals surface area contributed by atoms with Crippen molar-refractivity contribution < 1.29 is 14.3 Å². The van der Waals surface area contributed by atoms with Crippen LogP contribution in [-0.4, -0.2) is 26.0 Å². The van der Waals surface area contributed by atoms with Gasteiger partial charge in [-0.3, -0.25) is 0 Å². The van der Waals surface area contributed by atoms with Gasteiger partial charge in [0.2, 0.25) is 0 Å². The van der Waals surface area contributed by atoms with Gasteiger partial charge in [0, 0.05) is 6.20 Å². The van der Waals surface area contributed by atoms with E-state index in [2.05, 4.69) is 15.0 Å². The summed E-state index contributed by atoms with van der Waals surface area (Å²) in [5, 5.41) is 9.12. The van der Waals surface area contributed by atoms with Crippen LogP contribution in [0.25, 0.3) is 22.7 Å². The number of nitrogens with one attached hydrogen (secondary N) is 1. The predicted molar refractivity (Wildman–Crippen MR) is 63.6 cm³/mol. The lowest BCUT2D eigenvalue weighted by molar-refractivity contribution is 0.0696. The molecule has 0 aliphatic heterocycles. The second kappa shape index (κ2) is 3.85. The summed E-state index contributed by atoms with van der Waals surface area (Å²) in [4.78, 5) is 21.9. The number of aromatic nitrogens is 3. The third-order valence-electron chi connectivity index (χ3n) is 2.39. The van der Waals surface area contributed by atoms with Crippen molar-refractivity contribution in [1.82, 2.24) is 15.0 Å². The maximum absolute atomic E-state index is 10.8. The highest BCUT2D eigenvalue weighted by Gasteiger charge is 2.12. The highest BCUT2D eigenvalue weighted by atomic mass is 35.5. The van der Waals surface area contributed by atoms with E-state index in [4.69, 9.17) is 21.1 Å². The number of carboxylic acids is 1. The van der Waals surface area contributed by atoms with Crippen LogP contribution in [0.5, 0.6) is 0 Å². The lowest BCUT2D eigenvalue weighted by Crippen LogP contribution is -1.96. The highest BCUT2D eigenvalue weighted by Crippen LogP contribution is 2.24. The van der Waals surface area contributed by atoms with Gasteiger partial charge < -0.3 is 14.5 Å². The molecule has 6 nitrogen and oxygen atoms in total. The van der Waals surface area contributed by atoms with Crippen LogP contribution >= 0.6 is 11.6 Å². The number of rotatable bonds is 2. The Morgan fingerprint density at radius 1 is 1.44 bits per heavy atom. The van der Waals surface area contributed by atoms with Crippen LogP contribution in [0.4, 0.5) is 0 Å². The summed E-state index contributed by atoms with van der Waals surface area (Å²) in [6.45, 7) is 0. The molecule has 90 valence electrons. The number of carboxylic acid groups (broad SMARTS) is 1. The third kappa shape index (κ3) is 1.72. The van der Waals surface area contributed by atoms with E-state index in [-0.39, 0.29) is 10.8 Å². The molecule has 0 amide bonds. The number of halogens is 1. The van der Waals surface area contributed by atoms with Crippen LogP contribution in [0.3, 0.4) is 0 Å². The molecule has 0 aromatic carbocycles. The van der Waals surface area contributed by atoms with Crippen LogP contribution in [0.15, 0.2) is 28.8 Å². The number of fused-ring (bicyclic) bond motifs is 1. The number of hydrogen-bond acceptors (Lipinski definition) is 4. The van der Waals surface area contributed by atoms with Crippen molar-refractivity contribution >= 4 is 28.7 Å². The molecule has 0 spiro atoms. The summed E-state index contributed by atoms with van der Waals surface area (Å²) in [5.41, 5.74) is 1.04. The van der Waals surface area contributed by atoms with Crippen LogP contribution < -0.4 is 0 Å². The number of imidazole rings is 1. The van der Waals surface area contributed by atoms with E-state index < -0.39 is 5.97 Å². The largest absolute Gasteiger partial charge is 0.478 e. The van der Waals surface area contributed by atoms with Gasteiger partial charge >= 0.3 is 5.97 Å². The van der Waals surface area contributed by atoms with E-state index in [0.29, 0.717) is 22.7 Å². The molecule has 3 aromatic rings. The SMILES string of the molecule is O=C(O)c1cnc2nc(-c3ccc(Cl)o3)[nH]c2c1. The van der Waals surface area contributed by atoms with Gasteiger partial charge in [0.15, 0.2) is 22.5 Å². The molecular weight excluding hydrogens is 258 g/mol. The van der Waals surface area contributed by atoms with Gasteiger partial charge in [-0.15, -0.1) is 0 Å². The van der Waals surface area contributed by atoms with Crippen molar-refractivity contribution in [1.29, 1.82) is 0 Å². The van der Waals surface area contributed by atoms with Crippen molar-refractivity contribution in [3.8, 4) is 11.6 Å². The Hall–Kier alpha value is -2.34. The summed E-state index contributed by atoms with van der Waals surface area (Å²) in [7, 11) is 0. The van der Waals surface area contributed by atoms with Gasteiger partial charge in [0.05, 0.1) is 11.1 Å². The molecule has 0 aliphatic carbocycles. The molecular formula is C11H6ClN3O3. The Bertz CT molecular complexity index is 747. The standard InChI is InChI=1S/C11H6ClN3O3/c12-8-2-1-7(18-8)10-14-6-3-5(11(16)17)4-13-9(6)15-10/h1-4H,(H,16,17)(H,13,14,15). The zero-order valence-electron chi connectivity index (χ0n) is 8.85. The first-order chi connectivity index (χ1) is 8.63. The molecule has 0 aliphatic rings. The Kier molecular flexibility index (Phi) is 2.31. The van der Waals surface area contributed by atoms with Crippen LogP contribution in [0.1, 0.15) is 10.4 Å². The fourth-order valence-corrected chi connectivity index (χ4v) is 1.72. The van der Waals surface area contributed by atoms with Crippen molar-refractivity contribution in [2.45, 2.75) is 0 Å². The van der Waals surface area contributed by atoms with E-state index in [1.165, 1.54) is 12.3 Å². The Balaban J connectivity index is 2.13. The van der Waals surface area contributed by atoms with Gasteiger partial charge in [-0.2, -0.15) is 0 Å². The molecule has 0 fully saturated rings. The average molecular weight is 264 g/mol. The number of H-pyrrole nitrogens is 1. The van der Waals surface area contributed by atoms with Gasteiger partial charge in [-0.05, 0) is 29.8 Å². The van der Waals surface area contributed by atoms with Crippen molar-refractivity contribution in [3.63, 3.8) is 0 Å². The summed E-state index contributed by atoms with van der Waals surface area (Å²) >= 11 is 5.67. The lowest BCUT2D eigenvalue weighted by Gasteiger charge is -1.91. The molecule has 3 heterocycles. The predicted octanol–water partition coefficient (Wildman–Crippen LogP) is 2.57. The van der Waals surface area contributed by atoms with E-state index in [9.17, 15) is 4.79 Å². The smallest absolute Gasteiger partial charge is 0.337 e. The monoisotopic (exact) mass is 263 g/mol. The van der Waals surface area contributed by atoms with Gasteiger partial charge in [-0.1, -0.05) is 0 Å². The minimum Gasteiger partial charge on any atom is -0.478 e. The summed E-state index contributed by atoms with van der Waals surface area (Å²) < 4.78 is 5.20. The molecule has 0 bridgehead atoms. The Morgan fingerprint density at radius 2 is 2.28 bits per heavy atom. The molecule has 0 unspecified atom stereocenters. The summed E-state index contributed by atoms with van der Waals surface area (Å²) in [6.07, 6.45) is 1.25.